The number of benzene rings is 1. The summed E-state index contributed by atoms with van der Waals surface area (Å²) < 4.78 is 49.8. The van der Waals surface area contributed by atoms with Gasteiger partial charge in [0.25, 0.3) is 0 Å². The molecule has 1 saturated carbocycles. The highest BCUT2D eigenvalue weighted by Crippen LogP contribution is 2.31. The van der Waals surface area contributed by atoms with Crippen LogP contribution in [0, 0.1) is 17.2 Å². The fourth-order valence-electron chi connectivity index (χ4n) is 2.75. The second-order valence-corrected chi connectivity index (χ2v) is 11.2. The molecule has 1 aliphatic carbocycles. The van der Waals surface area contributed by atoms with Crippen molar-refractivity contribution in [3.05, 3.63) is 29.6 Å². The molecule has 1 aromatic carbocycles. The highest BCUT2D eigenvalue weighted by Gasteiger charge is 2.23. The number of hydrogen-bond donors (Lipinski definition) is 0. The largest absolute Gasteiger partial charge is 0.490 e. The molecule has 1 aromatic rings. The summed E-state index contributed by atoms with van der Waals surface area (Å²) in [4.78, 5) is 0. The summed E-state index contributed by atoms with van der Waals surface area (Å²) in [5.74, 6) is 0.290. The van der Waals surface area contributed by atoms with E-state index in [1.54, 1.807) is 12.1 Å². The molecule has 1 fully saturated rings. The topological polar surface area (TPSA) is 52.6 Å². The van der Waals surface area contributed by atoms with Gasteiger partial charge in [-0.2, -0.15) is 0 Å². The summed E-state index contributed by atoms with van der Waals surface area (Å²) >= 11 is 0. The van der Waals surface area contributed by atoms with Crippen LogP contribution in [0.2, 0.25) is 0 Å². The third kappa shape index (κ3) is 8.60. The zero-order valence-corrected chi connectivity index (χ0v) is 17.8. The fourth-order valence-corrected chi connectivity index (χ4v) is 4.43. The van der Waals surface area contributed by atoms with Crippen LogP contribution in [0.4, 0.5) is 4.39 Å². The lowest BCUT2D eigenvalue weighted by Crippen LogP contribution is -2.19. The predicted octanol–water partition coefficient (Wildman–Crippen LogP) is 4.59. The van der Waals surface area contributed by atoms with E-state index in [0.717, 1.165) is 18.4 Å². The van der Waals surface area contributed by atoms with Gasteiger partial charge in [0.15, 0.2) is 21.4 Å². The van der Waals surface area contributed by atoms with E-state index in [2.05, 4.69) is 20.8 Å². The first-order chi connectivity index (χ1) is 12.6. The quantitative estimate of drug-likeness (QED) is 0.510. The summed E-state index contributed by atoms with van der Waals surface area (Å²) in [6, 6.07) is 4.65. The van der Waals surface area contributed by atoms with Crippen LogP contribution in [0.25, 0.3) is 0 Å². The Hall–Kier alpha value is -1.14. The Morgan fingerprint density at radius 3 is 2.59 bits per heavy atom. The van der Waals surface area contributed by atoms with E-state index in [9.17, 15) is 12.8 Å². The molecule has 0 aliphatic heterocycles. The lowest BCUT2D eigenvalue weighted by Gasteiger charge is -2.18. The normalized spacial score (nSPS) is 16.3. The van der Waals surface area contributed by atoms with Crippen LogP contribution in [0.5, 0.6) is 5.75 Å². The van der Waals surface area contributed by atoms with Gasteiger partial charge in [-0.3, -0.25) is 0 Å². The van der Waals surface area contributed by atoms with Gasteiger partial charge in [-0.15, -0.1) is 0 Å². The van der Waals surface area contributed by atoms with Crippen molar-refractivity contribution in [2.45, 2.75) is 52.9 Å². The van der Waals surface area contributed by atoms with Crippen molar-refractivity contribution in [2.24, 2.45) is 11.3 Å². The maximum Gasteiger partial charge on any atom is 0.165 e. The Bertz CT molecular complexity index is 705. The predicted molar refractivity (Wildman–Crippen MR) is 107 cm³/mol. The highest BCUT2D eigenvalue weighted by molar-refractivity contribution is 7.91. The van der Waals surface area contributed by atoms with Crippen molar-refractivity contribution in [1.29, 1.82) is 0 Å². The van der Waals surface area contributed by atoms with Crippen LogP contribution in [0.15, 0.2) is 18.2 Å². The van der Waals surface area contributed by atoms with Crippen LogP contribution in [0.1, 0.15) is 58.4 Å². The van der Waals surface area contributed by atoms with E-state index in [4.69, 9.17) is 9.47 Å². The summed E-state index contributed by atoms with van der Waals surface area (Å²) in [5, 5.41) is 0. The molecule has 6 heteroatoms. The average Bonchev–Trinajstić information content (AvgIpc) is 3.36. The van der Waals surface area contributed by atoms with Crippen molar-refractivity contribution >= 4 is 9.84 Å². The van der Waals surface area contributed by atoms with Gasteiger partial charge in [-0.05, 0) is 54.2 Å². The summed E-state index contributed by atoms with van der Waals surface area (Å²) in [6.07, 6.45) is 2.76. The Morgan fingerprint density at radius 2 is 1.96 bits per heavy atom. The van der Waals surface area contributed by atoms with E-state index in [-0.39, 0.29) is 28.6 Å². The molecular formula is C21H33FO4S. The van der Waals surface area contributed by atoms with Gasteiger partial charge < -0.3 is 9.47 Å². The Balaban J connectivity index is 1.83. The molecule has 0 aromatic heterocycles. The van der Waals surface area contributed by atoms with Crippen molar-refractivity contribution in [3.8, 4) is 5.75 Å². The lowest BCUT2D eigenvalue weighted by atomic mass is 9.99. The van der Waals surface area contributed by atoms with Gasteiger partial charge >= 0.3 is 0 Å². The lowest BCUT2D eigenvalue weighted by molar-refractivity contribution is 0.0720. The van der Waals surface area contributed by atoms with Gasteiger partial charge in [-0.1, -0.05) is 33.8 Å². The molecule has 0 bridgehead atoms. The van der Waals surface area contributed by atoms with E-state index < -0.39 is 15.7 Å². The highest BCUT2D eigenvalue weighted by atomic mass is 32.2. The third-order valence-corrected chi connectivity index (χ3v) is 6.40. The van der Waals surface area contributed by atoms with Crippen LogP contribution in [-0.2, 0) is 14.6 Å². The molecule has 1 unspecified atom stereocenters. The maximum absolute atomic E-state index is 13.9. The fraction of sp³-hybridized carbons (Fsp3) is 0.714. The van der Waals surface area contributed by atoms with E-state index in [1.807, 2.05) is 6.92 Å². The van der Waals surface area contributed by atoms with Crippen LogP contribution < -0.4 is 4.74 Å². The summed E-state index contributed by atoms with van der Waals surface area (Å²) in [7, 11) is -3.20. The molecule has 4 nitrogen and oxygen atoms in total. The van der Waals surface area contributed by atoms with E-state index >= 15 is 0 Å². The Labute approximate surface area is 163 Å². The van der Waals surface area contributed by atoms with Crippen molar-refractivity contribution in [3.63, 3.8) is 0 Å². The molecule has 0 amide bonds. The minimum atomic E-state index is -3.20. The number of halogens is 1. The summed E-state index contributed by atoms with van der Waals surface area (Å²) in [5.41, 5.74) is 0.865. The number of rotatable bonds is 11. The first-order valence-corrected chi connectivity index (χ1v) is 11.6. The molecule has 0 heterocycles. The van der Waals surface area contributed by atoms with Gasteiger partial charge in [0.05, 0.1) is 24.7 Å². The molecule has 1 atom stereocenters. The van der Waals surface area contributed by atoms with Gasteiger partial charge in [-0.25, -0.2) is 12.8 Å². The zero-order chi connectivity index (χ0) is 20.1. The molecular weight excluding hydrogens is 367 g/mol. The Kier molecular flexibility index (Phi) is 7.69. The number of hydrogen-bond acceptors (Lipinski definition) is 4. The third-order valence-electron chi connectivity index (χ3n) is 4.48. The Morgan fingerprint density at radius 1 is 1.26 bits per heavy atom. The molecule has 0 radical (unpaired) electrons. The van der Waals surface area contributed by atoms with Crippen LogP contribution in [-0.4, -0.2) is 39.7 Å². The van der Waals surface area contributed by atoms with Gasteiger partial charge in [0, 0.05) is 6.61 Å². The van der Waals surface area contributed by atoms with Crippen molar-refractivity contribution < 1.29 is 22.3 Å². The first kappa shape index (κ1) is 22.2. The first-order valence-electron chi connectivity index (χ1n) is 9.76. The molecule has 1 aliphatic rings. The standard InChI is InChI=1S/C21H33FO4S/c1-16(14-27(23,24)11-5-10-25-15-21(2,3)4)18-8-9-19(22)20(12-18)26-13-17-6-7-17/h8-9,12,16-17H,5-7,10-11,13-15H2,1-4H3. The zero-order valence-electron chi connectivity index (χ0n) is 17.0. The minimum absolute atomic E-state index is 0.0416. The van der Waals surface area contributed by atoms with Crippen LogP contribution >= 0.6 is 0 Å². The second kappa shape index (κ2) is 9.37. The monoisotopic (exact) mass is 400 g/mol. The van der Waals surface area contributed by atoms with Gasteiger partial charge in [0.1, 0.15) is 0 Å². The molecule has 0 N–H and O–H groups in total. The van der Waals surface area contributed by atoms with Crippen molar-refractivity contribution in [2.75, 3.05) is 31.3 Å². The molecule has 27 heavy (non-hydrogen) atoms. The van der Waals surface area contributed by atoms with Crippen molar-refractivity contribution in [1.82, 2.24) is 0 Å². The molecule has 2 rings (SSSR count). The molecule has 0 saturated heterocycles. The van der Waals surface area contributed by atoms with Gasteiger partial charge in [0.2, 0.25) is 0 Å². The maximum atomic E-state index is 13.9. The number of ether oxygens (including phenoxy) is 2. The molecule has 154 valence electrons. The SMILES string of the molecule is CC(CS(=O)(=O)CCCOCC(C)(C)C)c1ccc(F)c(OCC2CC2)c1. The summed E-state index contributed by atoms with van der Waals surface area (Å²) in [6.45, 7) is 9.68. The minimum Gasteiger partial charge on any atom is -0.490 e. The average molecular weight is 401 g/mol. The molecule has 0 spiro atoms. The smallest absolute Gasteiger partial charge is 0.165 e. The second-order valence-electron chi connectivity index (χ2n) is 8.93. The van der Waals surface area contributed by atoms with E-state index in [1.165, 1.54) is 6.07 Å². The van der Waals surface area contributed by atoms with Crippen LogP contribution in [0.3, 0.4) is 0 Å². The number of sulfone groups is 1. The van der Waals surface area contributed by atoms with E-state index in [0.29, 0.717) is 32.2 Å².